The van der Waals surface area contributed by atoms with Gasteiger partial charge in [0.25, 0.3) is 0 Å². The Labute approximate surface area is 85.8 Å². The molecule has 0 aromatic heterocycles. The van der Waals surface area contributed by atoms with Crippen LogP contribution in [0.2, 0.25) is 0 Å². The molecule has 2 atom stereocenters. The first-order chi connectivity index (χ1) is 6.56. The number of rotatable bonds is 2. The van der Waals surface area contributed by atoms with Gasteiger partial charge in [-0.25, -0.2) is 4.79 Å². The molecule has 0 spiro atoms. The average molecular weight is 200 g/mol. The first-order valence-electron chi connectivity index (χ1n) is 5.03. The first-order valence-corrected chi connectivity index (χ1v) is 5.03. The van der Waals surface area contributed by atoms with Crippen LogP contribution in [0.5, 0.6) is 0 Å². The monoisotopic (exact) mass is 200 g/mol. The predicted octanol–water partition coefficient (Wildman–Crippen LogP) is 1.02. The Morgan fingerprint density at radius 3 is 2.71 bits per heavy atom. The molecule has 1 aliphatic rings. The fraction of sp³-hybridized carbons (Fsp3) is 0.900. The summed E-state index contributed by atoms with van der Waals surface area (Å²) in [7, 11) is 5.26. The fourth-order valence-corrected chi connectivity index (χ4v) is 1.99. The maximum absolute atomic E-state index is 11.8. The van der Waals surface area contributed by atoms with Crippen molar-refractivity contribution in [3.63, 3.8) is 0 Å². The van der Waals surface area contributed by atoms with Crippen molar-refractivity contribution in [3.8, 4) is 0 Å². The molecule has 2 unspecified atom stereocenters. The van der Waals surface area contributed by atoms with E-state index in [4.69, 9.17) is 4.74 Å². The first kappa shape index (κ1) is 11.3. The number of methoxy groups -OCH3 is 1. The molecule has 1 rings (SSSR count). The molecule has 0 bridgehead atoms. The van der Waals surface area contributed by atoms with E-state index in [1.165, 1.54) is 0 Å². The van der Waals surface area contributed by atoms with Crippen molar-refractivity contribution in [1.82, 2.24) is 9.80 Å². The van der Waals surface area contributed by atoms with Crippen molar-refractivity contribution in [2.24, 2.45) is 5.92 Å². The third kappa shape index (κ3) is 2.38. The Hall–Kier alpha value is -0.770. The van der Waals surface area contributed by atoms with Crippen molar-refractivity contribution < 1.29 is 9.53 Å². The van der Waals surface area contributed by atoms with E-state index in [9.17, 15) is 4.79 Å². The summed E-state index contributed by atoms with van der Waals surface area (Å²) in [6.07, 6.45) is 1.05. The second-order valence-corrected chi connectivity index (χ2v) is 4.28. The van der Waals surface area contributed by atoms with E-state index in [-0.39, 0.29) is 12.1 Å². The zero-order valence-electron chi connectivity index (χ0n) is 9.49. The summed E-state index contributed by atoms with van der Waals surface area (Å²) in [5, 5.41) is 0. The van der Waals surface area contributed by atoms with E-state index >= 15 is 0 Å². The summed E-state index contributed by atoms with van der Waals surface area (Å²) in [4.78, 5) is 15.3. The largest absolute Gasteiger partial charge is 0.383 e. The minimum absolute atomic E-state index is 0.0939. The summed E-state index contributed by atoms with van der Waals surface area (Å²) < 4.78 is 5.12. The zero-order valence-corrected chi connectivity index (χ0v) is 9.49. The normalized spacial score (nSPS) is 26.7. The van der Waals surface area contributed by atoms with Crippen LogP contribution in [0.4, 0.5) is 4.79 Å². The molecule has 82 valence electrons. The fourth-order valence-electron chi connectivity index (χ4n) is 1.99. The van der Waals surface area contributed by atoms with Gasteiger partial charge < -0.3 is 14.5 Å². The van der Waals surface area contributed by atoms with Crippen molar-refractivity contribution in [1.29, 1.82) is 0 Å². The summed E-state index contributed by atoms with van der Waals surface area (Å²) in [6.45, 7) is 3.67. The van der Waals surface area contributed by atoms with Gasteiger partial charge in [0, 0.05) is 27.7 Å². The van der Waals surface area contributed by atoms with Gasteiger partial charge in [0.15, 0.2) is 0 Å². The molecule has 2 amide bonds. The number of hydrogen-bond donors (Lipinski definition) is 0. The quantitative estimate of drug-likeness (QED) is 0.667. The van der Waals surface area contributed by atoms with Gasteiger partial charge in [-0.1, -0.05) is 6.92 Å². The van der Waals surface area contributed by atoms with Crippen LogP contribution >= 0.6 is 0 Å². The van der Waals surface area contributed by atoms with E-state index in [0.717, 1.165) is 13.0 Å². The molecule has 1 saturated heterocycles. The molecule has 0 aliphatic carbocycles. The van der Waals surface area contributed by atoms with Gasteiger partial charge in [0.2, 0.25) is 0 Å². The highest BCUT2D eigenvalue weighted by Gasteiger charge is 2.33. The van der Waals surface area contributed by atoms with Gasteiger partial charge in [0.05, 0.1) is 12.6 Å². The third-order valence-electron chi connectivity index (χ3n) is 2.61. The van der Waals surface area contributed by atoms with Crippen LogP contribution in [-0.4, -0.2) is 56.2 Å². The van der Waals surface area contributed by atoms with Crippen LogP contribution in [0.15, 0.2) is 0 Å². The molecule has 1 fully saturated rings. The van der Waals surface area contributed by atoms with Crippen molar-refractivity contribution >= 4 is 6.03 Å². The second kappa shape index (κ2) is 4.64. The topological polar surface area (TPSA) is 32.8 Å². The van der Waals surface area contributed by atoms with Crippen molar-refractivity contribution in [3.05, 3.63) is 0 Å². The lowest BCUT2D eigenvalue weighted by Crippen LogP contribution is -2.43. The molecular weight excluding hydrogens is 180 g/mol. The Balaban J connectivity index is 2.61. The number of urea groups is 1. The highest BCUT2D eigenvalue weighted by molar-refractivity contribution is 5.74. The van der Waals surface area contributed by atoms with Crippen LogP contribution in [0, 0.1) is 5.92 Å². The van der Waals surface area contributed by atoms with E-state index in [1.807, 2.05) is 4.90 Å². The number of amides is 2. The Morgan fingerprint density at radius 2 is 2.21 bits per heavy atom. The van der Waals surface area contributed by atoms with E-state index in [0.29, 0.717) is 12.5 Å². The smallest absolute Gasteiger partial charge is 0.319 e. The molecule has 1 aliphatic heterocycles. The lowest BCUT2D eigenvalue weighted by molar-refractivity contribution is 0.113. The van der Waals surface area contributed by atoms with Gasteiger partial charge in [-0.2, -0.15) is 0 Å². The Kier molecular flexibility index (Phi) is 3.75. The molecule has 1 heterocycles. The number of ether oxygens (including phenoxy) is 1. The van der Waals surface area contributed by atoms with Crippen LogP contribution in [0.1, 0.15) is 13.3 Å². The van der Waals surface area contributed by atoms with Gasteiger partial charge >= 0.3 is 6.03 Å². The van der Waals surface area contributed by atoms with Crippen molar-refractivity contribution in [2.45, 2.75) is 19.4 Å². The van der Waals surface area contributed by atoms with Gasteiger partial charge in [-0.15, -0.1) is 0 Å². The molecule has 14 heavy (non-hydrogen) atoms. The zero-order chi connectivity index (χ0) is 10.7. The van der Waals surface area contributed by atoms with Crippen LogP contribution in [0.25, 0.3) is 0 Å². The standard InChI is InChI=1S/C10H20N2O2/c1-8-5-9(7-14-4)12(6-8)10(13)11(2)3/h8-9H,5-7H2,1-4H3. The number of likely N-dealkylation sites (tertiary alicyclic amines) is 1. The van der Waals surface area contributed by atoms with Gasteiger partial charge in [0.1, 0.15) is 0 Å². The molecule has 0 radical (unpaired) electrons. The third-order valence-corrected chi connectivity index (χ3v) is 2.61. The highest BCUT2D eigenvalue weighted by atomic mass is 16.5. The predicted molar refractivity (Wildman–Crippen MR) is 55.2 cm³/mol. The van der Waals surface area contributed by atoms with Gasteiger partial charge in [-0.3, -0.25) is 0 Å². The molecule has 4 heteroatoms. The Morgan fingerprint density at radius 1 is 1.57 bits per heavy atom. The number of carbonyl (C=O) groups is 1. The second-order valence-electron chi connectivity index (χ2n) is 4.28. The molecule has 0 aromatic rings. The van der Waals surface area contributed by atoms with E-state index in [2.05, 4.69) is 6.92 Å². The lowest BCUT2D eigenvalue weighted by Gasteiger charge is -2.27. The van der Waals surface area contributed by atoms with Crippen LogP contribution < -0.4 is 0 Å². The maximum Gasteiger partial charge on any atom is 0.319 e. The Bertz CT molecular complexity index is 206. The SMILES string of the molecule is COCC1CC(C)CN1C(=O)N(C)C. The summed E-state index contributed by atoms with van der Waals surface area (Å²) in [6, 6.07) is 0.348. The van der Waals surface area contributed by atoms with Crippen LogP contribution in [0.3, 0.4) is 0 Å². The minimum atomic E-state index is 0.0939. The highest BCUT2D eigenvalue weighted by Crippen LogP contribution is 2.23. The molecule has 0 saturated carbocycles. The summed E-state index contributed by atoms with van der Waals surface area (Å²) in [5.74, 6) is 0.582. The van der Waals surface area contributed by atoms with Crippen molar-refractivity contribution in [2.75, 3.05) is 34.4 Å². The number of nitrogens with zero attached hydrogens (tertiary/aromatic N) is 2. The molecular formula is C10H20N2O2. The maximum atomic E-state index is 11.8. The van der Waals surface area contributed by atoms with E-state index < -0.39 is 0 Å². The van der Waals surface area contributed by atoms with Gasteiger partial charge in [-0.05, 0) is 12.3 Å². The lowest BCUT2D eigenvalue weighted by atomic mass is 10.1. The van der Waals surface area contributed by atoms with Crippen LogP contribution in [-0.2, 0) is 4.74 Å². The minimum Gasteiger partial charge on any atom is -0.383 e. The molecule has 4 nitrogen and oxygen atoms in total. The summed E-state index contributed by atoms with van der Waals surface area (Å²) >= 11 is 0. The van der Waals surface area contributed by atoms with E-state index in [1.54, 1.807) is 26.1 Å². The molecule has 0 N–H and O–H groups in total. The molecule has 0 aromatic carbocycles. The summed E-state index contributed by atoms with van der Waals surface area (Å²) in [5.41, 5.74) is 0. The average Bonchev–Trinajstić information content (AvgIpc) is 2.46. The number of carbonyl (C=O) groups excluding carboxylic acids is 1. The number of hydrogen-bond acceptors (Lipinski definition) is 2.